The Hall–Kier alpha value is -3.64. The van der Waals surface area contributed by atoms with E-state index < -0.39 is 18.1 Å². The molecule has 2 saturated heterocycles. The molecule has 2 heterocycles. The molecule has 156 valence electrons. The third-order valence-corrected chi connectivity index (χ3v) is 5.94. The predicted octanol–water partition coefficient (Wildman–Crippen LogP) is 4.05. The van der Waals surface area contributed by atoms with Crippen LogP contribution < -0.4 is 14.7 Å². The SMILES string of the molecule is COc1ccc([C@@H]2[C@H]3C(=O)N(c4ccccc4)C(=O)[C@@H]3ON2c2ccccc2C)cc1. The number of imide groups is 1. The summed E-state index contributed by atoms with van der Waals surface area (Å²) in [7, 11) is 1.61. The van der Waals surface area contributed by atoms with Gasteiger partial charge in [-0.25, -0.2) is 9.96 Å². The number of nitrogens with zero attached hydrogens (tertiary/aromatic N) is 2. The average Bonchev–Trinajstić information content (AvgIpc) is 3.30. The van der Waals surface area contributed by atoms with E-state index in [2.05, 4.69) is 0 Å². The molecule has 6 nitrogen and oxygen atoms in total. The van der Waals surface area contributed by atoms with Crippen LogP contribution in [0.5, 0.6) is 5.75 Å². The molecule has 3 aromatic carbocycles. The highest BCUT2D eigenvalue weighted by atomic mass is 16.7. The molecule has 2 fully saturated rings. The van der Waals surface area contributed by atoms with Gasteiger partial charge < -0.3 is 4.74 Å². The second kappa shape index (κ2) is 7.56. The van der Waals surface area contributed by atoms with Gasteiger partial charge in [-0.2, -0.15) is 0 Å². The Balaban J connectivity index is 1.60. The van der Waals surface area contributed by atoms with Crippen molar-refractivity contribution >= 4 is 23.2 Å². The van der Waals surface area contributed by atoms with E-state index in [0.29, 0.717) is 5.69 Å². The number of amides is 2. The molecule has 3 atom stereocenters. The van der Waals surface area contributed by atoms with Gasteiger partial charge in [-0.3, -0.25) is 14.4 Å². The molecule has 0 aromatic heterocycles. The Morgan fingerprint density at radius 1 is 0.839 bits per heavy atom. The van der Waals surface area contributed by atoms with Crippen molar-refractivity contribution in [2.75, 3.05) is 17.1 Å². The van der Waals surface area contributed by atoms with Crippen LogP contribution in [0.4, 0.5) is 11.4 Å². The van der Waals surface area contributed by atoms with E-state index in [4.69, 9.17) is 9.57 Å². The summed E-state index contributed by atoms with van der Waals surface area (Å²) in [5.74, 6) is -0.518. The summed E-state index contributed by atoms with van der Waals surface area (Å²) < 4.78 is 5.29. The zero-order chi connectivity index (χ0) is 21.5. The quantitative estimate of drug-likeness (QED) is 0.603. The first kappa shape index (κ1) is 19.3. The lowest BCUT2D eigenvalue weighted by Crippen LogP contribution is -2.37. The number of carbonyl (C=O) groups is 2. The van der Waals surface area contributed by atoms with Gasteiger partial charge in [0, 0.05) is 0 Å². The van der Waals surface area contributed by atoms with E-state index in [-0.39, 0.29) is 11.8 Å². The molecule has 0 bridgehead atoms. The van der Waals surface area contributed by atoms with Crippen molar-refractivity contribution in [3.63, 3.8) is 0 Å². The first-order valence-electron chi connectivity index (χ1n) is 10.2. The number of ether oxygens (including phenoxy) is 1. The maximum absolute atomic E-state index is 13.5. The molecular formula is C25H22N2O4. The molecule has 2 aliphatic rings. The van der Waals surface area contributed by atoms with Gasteiger partial charge in [0.25, 0.3) is 5.91 Å². The smallest absolute Gasteiger partial charge is 0.266 e. The molecule has 5 rings (SSSR count). The molecule has 3 aromatic rings. The highest BCUT2D eigenvalue weighted by Crippen LogP contribution is 2.48. The monoisotopic (exact) mass is 414 g/mol. The fraction of sp³-hybridized carbons (Fsp3) is 0.200. The van der Waals surface area contributed by atoms with Gasteiger partial charge in [-0.15, -0.1) is 0 Å². The lowest BCUT2D eigenvalue weighted by atomic mass is 9.90. The minimum Gasteiger partial charge on any atom is -0.497 e. The van der Waals surface area contributed by atoms with Crippen LogP contribution in [0.25, 0.3) is 0 Å². The number of methoxy groups -OCH3 is 1. The van der Waals surface area contributed by atoms with E-state index in [9.17, 15) is 9.59 Å². The largest absolute Gasteiger partial charge is 0.497 e. The Kier molecular flexibility index (Phi) is 4.71. The maximum Gasteiger partial charge on any atom is 0.266 e. The highest BCUT2D eigenvalue weighted by Gasteiger charge is 2.60. The van der Waals surface area contributed by atoms with Gasteiger partial charge >= 0.3 is 0 Å². The molecule has 2 amide bonds. The number of hydrogen-bond donors (Lipinski definition) is 0. The molecular weight excluding hydrogens is 392 g/mol. The normalized spacial score (nSPS) is 22.7. The van der Waals surface area contributed by atoms with Gasteiger partial charge in [0.05, 0.1) is 24.5 Å². The van der Waals surface area contributed by atoms with Crippen LogP contribution in [0.15, 0.2) is 78.9 Å². The van der Waals surface area contributed by atoms with E-state index >= 15 is 0 Å². The fourth-order valence-electron chi connectivity index (χ4n) is 4.41. The van der Waals surface area contributed by atoms with Gasteiger partial charge in [0.2, 0.25) is 5.91 Å². The third kappa shape index (κ3) is 3.07. The second-order valence-electron chi connectivity index (χ2n) is 7.73. The summed E-state index contributed by atoms with van der Waals surface area (Å²) in [6.45, 7) is 1.98. The molecule has 2 aliphatic heterocycles. The van der Waals surface area contributed by atoms with Crippen LogP contribution in [0.3, 0.4) is 0 Å². The lowest BCUT2D eigenvalue weighted by Gasteiger charge is -2.29. The lowest BCUT2D eigenvalue weighted by molar-refractivity contribution is -0.126. The number of hydroxylamine groups is 1. The Morgan fingerprint density at radius 2 is 1.52 bits per heavy atom. The minimum atomic E-state index is -0.876. The number of hydrogen-bond acceptors (Lipinski definition) is 5. The van der Waals surface area contributed by atoms with Crippen LogP contribution in [0.2, 0.25) is 0 Å². The number of rotatable bonds is 4. The average molecular weight is 414 g/mol. The molecule has 0 unspecified atom stereocenters. The zero-order valence-electron chi connectivity index (χ0n) is 17.3. The number of fused-ring (bicyclic) bond motifs is 1. The number of aryl methyl sites for hydroxylation is 1. The van der Waals surface area contributed by atoms with Crippen LogP contribution in [0.1, 0.15) is 17.2 Å². The van der Waals surface area contributed by atoms with Crippen molar-refractivity contribution in [3.8, 4) is 5.75 Å². The summed E-state index contributed by atoms with van der Waals surface area (Å²) >= 11 is 0. The highest BCUT2D eigenvalue weighted by molar-refractivity contribution is 6.23. The number of para-hydroxylation sites is 2. The van der Waals surface area contributed by atoms with Gasteiger partial charge in [0.15, 0.2) is 6.10 Å². The number of carbonyl (C=O) groups excluding carboxylic acids is 2. The molecule has 0 aliphatic carbocycles. The maximum atomic E-state index is 13.5. The molecule has 6 heteroatoms. The van der Waals surface area contributed by atoms with E-state index in [1.165, 1.54) is 4.90 Å². The summed E-state index contributed by atoms with van der Waals surface area (Å²) in [5, 5.41) is 1.73. The topological polar surface area (TPSA) is 59.1 Å². The first-order chi connectivity index (χ1) is 15.1. The standard InChI is InChI=1S/C25H22N2O4/c1-16-8-6-7-11-20(16)27-22(17-12-14-19(30-2)15-13-17)21-23(31-27)25(29)26(24(21)28)18-9-4-3-5-10-18/h3-15,21-23H,1-2H3/t21-,22-,23-/m1/s1. The van der Waals surface area contributed by atoms with E-state index in [1.807, 2.05) is 73.7 Å². The van der Waals surface area contributed by atoms with Gasteiger partial charge in [-0.1, -0.05) is 48.5 Å². The number of benzene rings is 3. The molecule has 0 N–H and O–H groups in total. The van der Waals surface area contributed by atoms with Gasteiger partial charge in [0.1, 0.15) is 11.7 Å². The number of anilines is 2. The van der Waals surface area contributed by atoms with Crippen molar-refractivity contribution < 1.29 is 19.2 Å². The van der Waals surface area contributed by atoms with Crippen LogP contribution in [-0.2, 0) is 14.4 Å². The van der Waals surface area contributed by atoms with Crippen molar-refractivity contribution in [2.45, 2.75) is 19.1 Å². The predicted molar refractivity (Wildman–Crippen MR) is 117 cm³/mol. The third-order valence-electron chi connectivity index (χ3n) is 5.94. The summed E-state index contributed by atoms with van der Waals surface area (Å²) in [6, 6.07) is 23.9. The Labute approximate surface area is 180 Å². The summed E-state index contributed by atoms with van der Waals surface area (Å²) in [4.78, 5) is 34.3. The van der Waals surface area contributed by atoms with Crippen molar-refractivity contribution in [1.29, 1.82) is 0 Å². The second-order valence-corrected chi connectivity index (χ2v) is 7.73. The summed E-state index contributed by atoms with van der Waals surface area (Å²) in [6.07, 6.45) is -0.876. The zero-order valence-corrected chi connectivity index (χ0v) is 17.3. The molecule has 0 radical (unpaired) electrons. The molecule has 31 heavy (non-hydrogen) atoms. The van der Waals surface area contributed by atoms with Crippen LogP contribution >= 0.6 is 0 Å². The van der Waals surface area contributed by atoms with Crippen molar-refractivity contribution in [2.24, 2.45) is 5.92 Å². The van der Waals surface area contributed by atoms with Crippen molar-refractivity contribution in [1.82, 2.24) is 0 Å². The first-order valence-corrected chi connectivity index (χ1v) is 10.2. The minimum absolute atomic E-state index is 0.252. The van der Waals surface area contributed by atoms with Crippen LogP contribution in [0, 0.1) is 12.8 Å². The Bertz CT molecular complexity index is 1130. The fourth-order valence-corrected chi connectivity index (χ4v) is 4.41. The van der Waals surface area contributed by atoms with Crippen molar-refractivity contribution in [3.05, 3.63) is 90.0 Å². The summed E-state index contributed by atoms with van der Waals surface area (Å²) in [5.41, 5.74) is 3.28. The molecule has 0 spiro atoms. The molecule has 0 saturated carbocycles. The van der Waals surface area contributed by atoms with Crippen LogP contribution in [-0.4, -0.2) is 25.0 Å². The van der Waals surface area contributed by atoms with E-state index in [1.54, 1.807) is 24.3 Å². The van der Waals surface area contributed by atoms with Gasteiger partial charge in [-0.05, 0) is 48.4 Å². The van der Waals surface area contributed by atoms with E-state index in [0.717, 1.165) is 22.6 Å². The Morgan fingerprint density at radius 3 is 2.19 bits per heavy atom.